The number of guanidine groups is 1. The number of aliphatic imine (C=N–C) groups is 1. The van der Waals surface area contributed by atoms with E-state index in [2.05, 4.69) is 20.3 Å². The molecule has 7 nitrogen and oxygen atoms in total. The molecule has 1 aromatic carbocycles. The third kappa shape index (κ3) is 9.20. The number of hydrogen-bond donors (Lipinski definition) is 3. The molecule has 0 spiro atoms. The molecule has 1 atom stereocenters. The summed E-state index contributed by atoms with van der Waals surface area (Å²) in [6, 6.07) is 3.83. The summed E-state index contributed by atoms with van der Waals surface area (Å²) < 4.78 is 77.5. The fourth-order valence-electron chi connectivity index (χ4n) is 2.93. The van der Waals surface area contributed by atoms with Gasteiger partial charge >= 0.3 is 6.18 Å². The van der Waals surface area contributed by atoms with Crippen molar-refractivity contribution in [3.63, 3.8) is 0 Å². The van der Waals surface area contributed by atoms with Crippen LogP contribution in [0.4, 0.5) is 23.2 Å². The lowest BCUT2D eigenvalue weighted by Crippen LogP contribution is -2.46. The van der Waals surface area contributed by atoms with Crippen LogP contribution in [0.25, 0.3) is 0 Å². The number of benzene rings is 1. The molecule has 0 aromatic heterocycles. The average molecular weight is 567 g/mol. The van der Waals surface area contributed by atoms with E-state index in [9.17, 15) is 26.0 Å². The minimum Gasteiger partial charge on any atom is -0.355 e. The normalized spacial score (nSPS) is 18.1. The molecule has 3 N–H and O–H groups in total. The van der Waals surface area contributed by atoms with E-state index in [1.165, 1.54) is 24.1 Å². The summed E-state index contributed by atoms with van der Waals surface area (Å²) in [5.74, 6) is -0.502. The standard InChI is InChI=1S/C17H25F4N5O2S.HI/c1-12-3-4-13(9-15(12)18)25-29(27,28)8-6-23-16(22-2)24-14-5-7-26(10-14)11-17(19,20)21;/h3-4,9,14,25H,5-8,10-11H2,1-2H3,(H2,22,23,24);1H. The summed E-state index contributed by atoms with van der Waals surface area (Å²) in [5, 5.41) is 5.82. The zero-order valence-electron chi connectivity index (χ0n) is 16.6. The van der Waals surface area contributed by atoms with Crippen molar-refractivity contribution in [3.8, 4) is 0 Å². The first-order valence-electron chi connectivity index (χ1n) is 9.00. The van der Waals surface area contributed by atoms with E-state index in [0.717, 1.165) is 6.07 Å². The van der Waals surface area contributed by atoms with Crippen LogP contribution in [0.2, 0.25) is 0 Å². The number of nitrogens with one attached hydrogen (secondary N) is 3. The summed E-state index contributed by atoms with van der Waals surface area (Å²) in [5.41, 5.74) is 0.538. The molecule has 0 bridgehead atoms. The van der Waals surface area contributed by atoms with Crippen LogP contribution in [0.15, 0.2) is 23.2 Å². The Kier molecular flexibility index (Phi) is 10.1. The minimum atomic E-state index is -4.24. The Morgan fingerprint density at radius 2 is 2.03 bits per heavy atom. The van der Waals surface area contributed by atoms with E-state index < -0.39 is 28.6 Å². The van der Waals surface area contributed by atoms with Crippen LogP contribution in [-0.2, 0) is 10.0 Å². The topological polar surface area (TPSA) is 85.8 Å². The van der Waals surface area contributed by atoms with Crippen LogP contribution in [0.1, 0.15) is 12.0 Å². The number of rotatable bonds is 7. The van der Waals surface area contributed by atoms with Crippen molar-refractivity contribution < 1.29 is 26.0 Å². The van der Waals surface area contributed by atoms with Gasteiger partial charge in [-0.1, -0.05) is 6.07 Å². The molecule has 13 heteroatoms. The predicted molar refractivity (Wildman–Crippen MR) is 119 cm³/mol. The summed E-state index contributed by atoms with van der Waals surface area (Å²) in [7, 11) is -2.23. The lowest BCUT2D eigenvalue weighted by atomic mass is 10.2. The molecule has 1 saturated heterocycles. The van der Waals surface area contributed by atoms with Crippen molar-refractivity contribution in [1.82, 2.24) is 15.5 Å². The van der Waals surface area contributed by atoms with Gasteiger partial charge in [-0.25, -0.2) is 12.8 Å². The van der Waals surface area contributed by atoms with Crippen molar-refractivity contribution in [3.05, 3.63) is 29.6 Å². The number of alkyl halides is 3. The van der Waals surface area contributed by atoms with Crippen LogP contribution < -0.4 is 15.4 Å². The number of aryl methyl sites for hydroxylation is 1. The van der Waals surface area contributed by atoms with Crippen molar-refractivity contribution >= 4 is 45.6 Å². The molecule has 1 aliphatic rings. The zero-order valence-corrected chi connectivity index (χ0v) is 19.7. The van der Waals surface area contributed by atoms with E-state index >= 15 is 0 Å². The second kappa shape index (κ2) is 11.3. The maximum absolute atomic E-state index is 13.5. The van der Waals surface area contributed by atoms with Crippen molar-refractivity contribution in [2.24, 2.45) is 4.99 Å². The van der Waals surface area contributed by atoms with Gasteiger partial charge in [0.15, 0.2) is 5.96 Å². The van der Waals surface area contributed by atoms with Crippen LogP contribution in [-0.4, -0.2) is 70.5 Å². The van der Waals surface area contributed by atoms with Crippen LogP contribution in [0.5, 0.6) is 0 Å². The van der Waals surface area contributed by atoms with Gasteiger partial charge in [-0.3, -0.25) is 14.6 Å². The van der Waals surface area contributed by atoms with E-state index in [-0.39, 0.29) is 54.5 Å². The molecule has 0 aliphatic carbocycles. The lowest BCUT2D eigenvalue weighted by Gasteiger charge is -2.19. The number of sulfonamides is 1. The zero-order chi connectivity index (χ0) is 21.7. The Hall–Kier alpha value is -1.35. The van der Waals surface area contributed by atoms with E-state index in [1.54, 1.807) is 6.92 Å². The maximum Gasteiger partial charge on any atom is 0.401 e. The maximum atomic E-state index is 13.5. The number of anilines is 1. The molecule has 1 fully saturated rings. The first-order valence-corrected chi connectivity index (χ1v) is 10.7. The van der Waals surface area contributed by atoms with Gasteiger partial charge in [-0.2, -0.15) is 13.2 Å². The van der Waals surface area contributed by atoms with Crippen molar-refractivity contribution in [1.29, 1.82) is 0 Å². The summed E-state index contributed by atoms with van der Waals surface area (Å²) >= 11 is 0. The molecule has 1 heterocycles. The molecule has 1 aliphatic heterocycles. The third-order valence-corrected chi connectivity index (χ3v) is 5.64. The Morgan fingerprint density at radius 1 is 1.33 bits per heavy atom. The highest BCUT2D eigenvalue weighted by molar-refractivity contribution is 14.0. The number of likely N-dealkylation sites (tertiary alicyclic amines) is 1. The smallest absolute Gasteiger partial charge is 0.355 e. The Balaban J connectivity index is 0.00000450. The van der Waals surface area contributed by atoms with Gasteiger partial charge in [-0.05, 0) is 31.0 Å². The highest BCUT2D eigenvalue weighted by Gasteiger charge is 2.34. The molecule has 0 saturated carbocycles. The van der Waals surface area contributed by atoms with E-state index in [4.69, 9.17) is 0 Å². The molecule has 1 aromatic rings. The van der Waals surface area contributed by atoms with E-state index in [1.807, 2.05) is 0 Å². The molecular formula is C17H26F4IN5O2S. The monoisotopic (exact) mass is 567 g/mol. The Bertz CT molecular complexity index is 836. The molecule has 2 rings (SSSR count). The highest BCUT2D eigenvalue weighted by Crippen LogP contribution is 2.20. The predicted octanol–water partition coefficient (Wildman–Crippen LogP) is 2.30. The number of nitrogens with zero attached hydrogens (tertiary/aromatic N) is 2. The Morgan fingerprint density at radius 3 is 2.63 bits per heavy atom. The van der Waals surface area contributed by atoms with Gasteiger partial charge in [-0.15, -0.1) is 24.0 Å². The van der Waals surface area contributed by atoms with Crippen molar-refractivity contribution in [2.45, 2.75) is 25.6 Å². The quantitative estimate of drug-likeness (QED) is 0.204. The second-order valence-corrected chi connectivity index (χ2v) is 8.71. The lowest BCUT2D eigenvalue weighted by molar-refractivity contribution is -0.143. The first kappa shape index (κ1) is 26.7. The number of hydrogen-bond acceptors (Lipinski definition) is 4. The van der Waals surface area contributed by atoms with Crippen LogP contribution in [0.3, 0.4) is 0 Å². The molecular weight excluding hydrogens is 541 g/mol. The van der Waals surface area contributed by atoms with E-state index in [0.29, 0.717) is 24.5 Å². The van der Waals surface area contributed by atoms with Gasteiger partial charge in [0.2, 0.25) is 10.0 Å². The summed E-state index contributed by atoms with van der Waals surface area (Å²) in [4.78, 5) is 5.27. The fourth-order valence-corrected chi connectivity index (χ4v) is 3.89. The van der Waals surface area contributed by atoms with Gasteiger partial charge in [0.25, 0.3) is 0 Å². The molecule has 0 amide bonds. The second-order valence-electron chi connectivity index (χ2n) is 6.86. The molecule has 1 unspecified atom stereocenters. The molecule has 172 valence electrons. The van der Waals surface area contributed by atoms with Gasteiger partial charge in [0.05, 0.1) is 18.0 Å². The molecule has 30 heavy (non-hydrogen) atoms. The van der Waals surface area contributed by atoms with Crippen LogP contribution >= 0.6 is 24.0 Å². The first-order chi connectivity index (χ1) is 13.5. The molecule has 0 radical (unpaired) electrons. The van der Waals surface area contributed by atoms with Crippen molar-refractivity contribution in [2.75, 3.05) is 43.7 Å². The fraction of sp³-hybridized carbons (Fsp3) is 0.588. The van der Waals surface area contributed by atoms with Gasteiger partial charge in [0, 0.05) is 32.7 Å². The van der Waals surface area contributed by atoms with Gasteiger partial charge < -0.3 is 10.6 Å². The average Bonchev–Trinajstić information content (AvgIpc) is 3.01. The highest BCUT2D eigenvalue weighted by atomic mass is 127. The largest absolute Gasteiger partial charge is 0.401 e. The van der Waals surface area contributed by atoms with Crippen LogP contribution in [0, 0.1) is 12.7 Å². The third-order valence-electron chi connectivity index (χ3n) is 4.35. The number of halogens is 5. The summed E-state index contributed by atoms with van der Waals surface area (Å²) in [6.45, 7) is 1.17. The SMILES string of the molecule is CN=C(NCCS(=O)(=O)Nc1ccc(C)c(F)c1)NC1CCN(CC(F)(F)F)C1.I. The Labute approximate surface area is 190 Å². The van der Waals surface area contributed by atoms with Gasteiger partial charge in [0.1, 0.15) is 5.82 Å². The minimum absolute atomic E-state index is 0. The summed E-state index contributed by atoms with van der Waals surface area (Å²) in [6.07, 6.45) is -3.72.